The van der Waals surface area contributed by atoms with Gasteiger partial charge in [0.2, 0.25) is 0 Å². The van der Waals surface area contributed by atoms with Gasteiger partial charge < -0.3 is 10.4 Å². The van der Waals surface area contributed by atoms with Gasteiger partial charge in [0.05, 0.1) is 5.52 Å². The number of hydrogen-bond acceptors (Lipinski definition) is 4. The molecule has 3 aromatic rings. The van der Waals surface area contributed by atoms with Crippen LogP contribution in [0.15, 0.2) is 48.5 Å². The average molecular weight is 352 g/mol. The molecule has 3 rings (SSSR count). The fourth-order valence-corrected chi connectivity index (χ4v) is 2.86. The van der Waals surface area contributed by atoms with Crippen LogP contribution in [-0.4, -0.2) is 38.0 Å². The summed E-state index contributed by atoms with van der Waals surface area (Å²) in [6.45, 7) is 0. The first-order valence-electron chi connectivity index (χ1n) is 8.39. The molecule has 0 aliphatic heterocycles. The molecule has 0 spiro atoms. The second-order valence-corrected chi connectivity index (χ2v) is 6.21. The van der Waals surface area contributed by atoms with Crippen molar-refractivity contribution in [2.24, 2.45) is 7.05 Å². The number of aliphatic carboxylic acids is 1. The molecule has 0 radical (unpaired) electrons. The molecule has 7 nitrogen and oxygen atoms in total. The Kier molecular flexibility index (Phi) is 5.26. The Hall–Kier alpha value is -3.22. The number of carboxylic acid groups (broad SMARTS) is 1. The number of carbonyl (C=O) groups excluding carboxylic acids is 1. The topological polar surface area (TPSA) is 97.1 Å². The normalized spacial score (nSPS) is 12.0. The maximum Gasteiger partial charge on any atom is 0.303 e. The molecule has 0 saturated heterocycles. The van der Waals surface area contributed by atoms with Crippen LogP contribution in [0.1, 0.15) is 28.8 Å². The minimum Gasteiger partial charge on any atom is -0.481 e. The first kappa shape index (κ1) is 17.6. The van der Waals surface area contributed by atoms with Crippen LogP contribution in [-0.2, 0) is 18.3 Å². The molecular formula is C19H20N4O3. The number of benzene rings is 2. The van der Waals surface area contributed by atoms with Crippen LogP contribution in [0.4, 0.5) is 0 Å². The molecule has 0 aliphatic carbocycles. The molecule has 0 saturated carbocycles. The minimum absolute atomic E-state index is 0.00245. The highest BCUT2D eigenvalue weighted by Crippen LogP contribution is 2.14. The summed E-state index contributed by atoms with van der Waals surface area (Å²) in [5.41, 5.74) is 3.03. The van der Waals surface area contributed by atoms with Crippen LogP contribution in [0.25, 0.3) is 11.0 Å². The number of fused-ring (bicyclic) bond motifs is 1. The SMILES string of the molecule is Cn1nnc2ccc(C(=O)NC(CCC(=O)O)Cc3ccccc3)cc21. The second kappa shape index (κ2) is 7.77. The van der Waals surface area contributed by atoms with Crippen molar-refractivity contribution in [1.82, 2.24) is 20.3 Å². The highest BCUT2D eigenvalue weighted by Gasteiger charge is 2.17. The van der Waals surface area contributed by atoms with E-state index in [2.05, 4.69) is 15.6 Å². The third-order valence-electron chi connectivity index (χ3n) is 4.24. The number of aryl methyl sites for hydroxylation is 1. The zero-order valence-corrected chi connectivity index (χ0v) is 14.4. The monoisotopic (exact) mass is 352 g/mol. The number of nitrogens with zero attached hydrogens (tertiary/aromatic N) is 3. The summed E-state index contributed by atoms with van der Waals surface area (Å²) in [6.07, 6.45) is 0.948. The molecule has 0 fully saturated rings. The molecule has 1 aromatic heterocycles. The van der Waals surface area contributed by atoms with E-state index in [1.54, 1.807) is 29.9 Å². The number of aromatic nitrogens is 3. The van der Waals surface area contributed by atoms with Gasteiger partial charge >= 0.3 is 5.97 Å². The lowest BCUT2D eigenvalue weighted by Crippen LogP contribution is -2.37. The molecule has 26 heavy (non-hydrogen) atoms. The van der Waals surface area contributed by atoms with Crippen molar-refractivity contribution in [3.05, 3.63) is 59.7 Å². The summed E-state index contributed by atoms with van der Waals surface area (Å²) in [7, 11) is 1.77. The van der Waals surface area contributed by atoms with Crippen LogP contribution in [0.2, 0.25) is 0 Å². The highest BCUT2D eigenvalue weighted by molar-refractivity contribution is 5.97. The van der Waals surface area contributed by atoms with Crippen LogP contribution < -0.4 is 5.32 Å². The maximum absolute atomic E-state index is 12.7. The van der Waals surface area contributed by atoms with Crippen molar-refractivity contribution >= 4 is 22.9 Å². The Morgan fingerprint density at radius 1 is 1.19 bits per heavy atom. The van der Waals surface area contributed by atoms with Crippen molar-refractivity contribution in [2.75, 3.05) is 0 Å². The number of amides is 1. The fraction of sp³-hybridized carbons (Fsp3) is 0.263. The Labute approximate surface area is 150 Å². The Morgan fingerprint density at radius 3 is 2.69 bits per heavy atom. The van der Waals surface area contributed by atoms with Crippen LogP contribution in [0.3, 0.4) is 0 Å². The molecule has 0 bridgehead atoms. The van der Waals surface area contributed by atoms with Crippen molar-refractivity contribution in [1.29, 1.82) is 0 Å². The summed E-state index contributed by atoms with van der Waals surface area (Å²) in [4.78, 5) is 23.6. The quantitative estimate of drug-likeness (QED) is 0.679. The van der Waals surface area contributed by atoms with Gasteiger partial charge in [-0.25, -0.2) is 4.68 Å². The van der Waals surface area contributed by atoms with E-state index in [9.17, 15) is 9.59 Å². The lowest BCUT2D eigenvalue weighted by atomic mass is 10.0. The summed E-state index contributed by atoms with van der Waals surface area (Å²) in [6, 6.07) is 14.6. The molecule has 2 aromatic carbocycles. The lowest BCUT2D eigenvalue weighted by Gasteiger charge is -2.18. The zero-order valence-electron chi connectivity index (χ0n) is 14.4. The van der Waals surface area contributed by atoms with Gasteiger partial charge in [-0.15, -0.1) is 5.10 Å². The Balaban J connectivity index is 1.76. The van der Waals surface area contributed by atoms with Gasteiger partial charge in [0.15, 0.2) is 0 Å². The Morgan fingerprint density at radius 2 is 1.96 bits per heavy atom. The van der Waals surface area contributed by atoms with E-state index in [-0.39, 0.29) is 18.4 Å². The van der Waals surface area contributed by atoms with Crippen LogP contribution >= 0.6 is 0 Å². The van der Waals surface area contributed by atoms with Gasteiger partial charge in [0.1, 0.15) is 5.52 Å². The van der Waals surface area contributed by atoms with Gasteiger partial charge in [-0.2, -0.15) is 0 Å². The van der Waals surface area contributed by atoms with Gasteiger partial charge in [-0.1, -0.05) is 35.5 Å². The van der Waals surface area contributed by atoms with Crippen molar-refractivity contribution in [2.45, 2.75) is 25.3 Å². The van der Waals surface area contributed by atoms with Crippen LogP contribution in [0.5, 0.6) is 0 Å². The second-order valence-electron chi connectivity index (χ2n) is 6.21. The van der Waals surface area contributed by atoms with Gasteiger partial charge in [0.25, 0.3) is 5.91 Å². The maximum atomic E-state index is 12.7. The molecule has 134 valence electrons. The number of carboxylic acids is 1. The number of nitrogens with one attached hydrogen (secondary N) is 1. The summed E-state index contributed by atoms with van der Waals surface area (Å²) in [5.74, 6) is -1.11. The lowest BCUT2D eigenvalue weighted by molar-refractivity contribution is -0.137. The van der Waals surface area contributed by atoms with E-state index >= 15 is 0 Å². The standard InChI is InChI=1S/C19H20N4O3/c1-23-17-12-14(7-9-16(17)21-22-23)19(26)20-15(8-10-18(24)25)11-13-5-3-2-4-6-13/h2-7,9,12,15H,8,10-11H2,1H3,(H,20,26)(H,24,25). The smallest absolute Gasteiger partial charge is 0.303 e. The van der Waals surface area contributed by atoms with E-state index in [0.29, 0.717) is 18.4 Å². The number of carbonyl (C=O) groups is 2. The number of rotatable bonds is 7. The Bertz CT molecular complexity index is 921. The first-order chi connectivity index (χ1) is 12.5. The zero-order chi connectivity index (χ0) is 18.5. The van der Waals surface area contributed by atoms with Gasteiger partial charge in [-0.3, -0.25) is 9.59 Å². The molecule has 2 N–H and O–H groups in total. The van der Waals surface area contributed by atoms with Crippen molar-refractivity contribution < 1.29 is 14.7 Å². The van der Waals surface area contributed by atoms with Gasteiger partial charge in [-0.05, 0) is 36.6 Å². The van der Waals surface area contributed by atoms with E-state index in [0.717, 1.165) is 16.6 Å². The van der Waals surface area contributed by atoms with E-state index in [1.807, 2.05) is 30.3 Å². The van der Waals surface area contributed by atoms with E-state index in [4.69, 9.17) is 5.11 Å². The average Bonchev–Trinajstić information content (AvgIpc) is 3.01. The molecular weight excluding hydrogens is 332 g/mol. The van der Waals surface area contributed by atoms with E-state index < -0.39 is 5.97 Å². The van der Waals surface area contributed by atoms with Crippen molar-refractivity contribution in [3.63, 3.8) is 0 Å². The molecule has 1 atom stereocenters. The number of hydrogen-bond donors (Lipinski definition) is 2. The molecule has 1 amide bonds. The molecule has 0 aliphatic rings. The predicted octanol–water partition coefficient (Wildman–Crippen LogP) is 2.17. The van der Waals surface area contributed by atoms with Crippen molar-refractivity contribution in [3.8, 4) is 0 Å². The van der Waals surface area contributed by atoms with Crippen LogP contribution in [0, 0.1) is 0 Å². The molecule has 1 heterocycles. The fourth-order valence-electron chi connectivity index (χ4n) is 2.86. The largest absolute Gasteiger partial charge is 0.481 e. The molecule has 7 heteroatoms. The third-order valence-corrected chi connectivity index (χ3v) is 4.24. The minimum atomic E-state index is -0.875. The van der Waals surface area contributed by atoms with E-state index in [1.165, 1.54) is 0 Å². The third kappa shape index (κ3) is 4.24. The summed E-state index contributed by atoms with van der Waals surface area (Å²) < 4.78 is 1.61. The molecule has 1 unspecified atom stereocenters. The summed E-state index contributed by atoms with van der Waals surface area (Å²) in [5, 5.41) is 19.9. The first-order valence-corrected chi connectivity index (χ1v) is 8.39. The van der Waals surface area contributed by atoms with Gasteiger partial charge in [0, 0.05) is 25.1 Å². The highest BCUT2D eigenvalue weighted by atomic mass is 16.4. The predicted molar refractivity (Wildman–Crippen MR) is 96.8 cm³/mol. The summed E-state index contributed by atoms with van der Waals surface area (Å²) >= 11 is 0.